The van der Waals surface area contributed by atoms with Crippen molar-refractivity contribution in [1.82, 2.24) is 0 Å². The molecular weight excluding hydrogens is 416 g/mol. The summed E-state index contributed by atoms with van der Waals surface area (Å²) in [6, 6.07) is 0. The van der Waals surface area contributed by atoms with E-state index in [1.54, 1.807) is 13.8 Å². The standard InChI is InChI=1S/C24H36O8/c1-4-15(9-22(2,3)21(27)31-18-7-5-6-8-29-18)20(26)32-24-11-16-10-23(28,14-24)12-17(13-24)30-19(16)25/h15-18,28H,4-14H2,1-3H3. The second-order valence-corrected chi connectivity index (χ2v) is 11.0. The lowest BCUT2D eigenvalue weighted by molar-refractivity contribution is -0.201. The fourth-order valence-corrected chi connectivity index (χ4v) is 6.05. The van der Waals surface area contributed by atoms with Crippen LogP contribution in [0.15, 0.2) is 0 Å². The minimum absolute atomic E-state index is 0.288. The molecule has 5 fully saturated rings. The Hall–Kier alpha value is -1.67. The summed E-state index contributed by atoms with van der Waals surface area (Å²) in [6.07, 6.45) is 4.37. The van der Waals surface area contributed by atoms with E-state index in [1.165, 1.54) is 0 Å². The zero-order chi connectivity index (χ0) is 23.1. The van der Waals surface area contributed by atoms with Crippen LogP contribution in [0.1, 0.15) is 85.0 Å². The molecule has 0 amide bonds. The van der Waals surface area contributed by atoms with Crippen LogP contribution in [0.2, 0.25) is 0 Å². The summed E-state index contributed by atoms with van der Waals surface area (Å²) in [4.78, 5) is 38.4. The Labute approximate surface area is 189 Å². The summed E-state index contributed by atoms with van der Waals surface area (Å²) in [5.74, 6) is -2.01. The number of hydrogen-bond donors (Lipinski definition) is 1. The van der Waals surface area contributed by atoms with Crippen molar-refractivity contribution in [3.63, 3.8) is 0 Å². The van der Waals surface area contributed by atoms with Crippen LogP contribution in [0, 0.1) is 17.3 Å². The Balaban J connectivity index is 1.41. The van der Waals surface area contributed by atoms with Crippen molar-refractivity contribution < 1.29 is 38.4 Å². The van der Waals surface area contributed by atoms with Crippen molar-refractivity contribution in [2.24, 2.45) is 17.3 Å². The van der Waals surface area contributed by atoms with Crippen LogP contribution in [-0.2, 0) is 33.3 Å². The van der Waals surface area contributed by atoms with Crippen LogP contribution in [-0.4, -0.2) is 53.2 Å². The van der Waals surface area contributed by atoms with Gasteiger partial charge in [-0.1, -0.05) is 6.92 Å². The monoisotopic (exact) mass is 452 g/mol. The van der Waals surface area contributed by atoms with Gasteiger partial charge in [0.05, 0.1) is 29.5 Å². The number of aliphatic hydroxyl groups is 1. The van der Waals surface area contributed by atoms with Crippen LogP contribution in [0.25, 0.3) is 0 Å². The highest BCUT2D eigenvalue weighted by atomic mass is 16.7. The fraction of sp³-hybridized carbons (Fsp3) is 0.875. The van der Waals surface area contributed by atoms with Crippen LogP contribution < -0.4 is 0 Å². The summed E-state index contributed by atoms with van der Waals surface area (Å²) in [5, 5.41) is 11.0. The predicted octanol–water partition coefficient (Wildman–Crippen LogP) is 3.03. The van der Waals surface area contributed by atoms with E-state index in [4.69, 9.17) is 18.9 Å². The van der Waals surface area contributed by atoms with Crippen LogP contribution in [0.4, 0.5) is 0 Å². The molecule has 0 spiro atoms. The first-order chi connectivity index (χ1) is 15.0. The third kappa shape index (κ3) is 4.81. The minimum Gasteiger partial charge on any atom is -0.462 e. The van der Waals surface area contributed by atoms with Gasteiger partial charge in [-0.2, -0.15) is 0 Å². The Morgan fingerprint density at radius 3 is 2.69 bits per heavy atom. The van der Waals surface area contributed by atoms with Crippen molar-refractivity contribution in [2.45, 2.75) is 109 Å². The van der Waals surface area contributed by atoms with Crippen molar-refractivity contribution in [3.8, 4) is 0 Å². The smallest absolute Gasteiger partial charge is 0.313 e. The maximum Gasteiger partial charge on any atom is 0.313 e. The van der Waals surface area contributed by atoms with Gasteiger partial charge in [-0.3, -0.25) is 14.4 Å². The molecule has 0 aromatic heterocycles. The van der Waals surface area contributed by atoms with Gasteiger partial charge in [0.15, 0.2) is 0 Å². The van der Waals surface area contributed by atoms with E-state index in [0.717, 1.165) is 12.8 Å². The molecule has 0 aromatic rings. The van der Waals surface area contributed by atoms with E-state index in [1.807, 2.05) is 6.92 Å². The van der Waals surface area contributed by atoms with Crippen molar-refractivity contribution >= 4 is 17.9 Å². The van der Waals surface area contributed by atoms with Gasteiger partial charge in [-0.25, -0.2) is 0 Å². The van der Waals surface area contributed by atoms with Crippen LogP contribution >= 0.6 is 0 Å². The van der Waals surface area contributed by atoms with Gasteiger partial charge in [-0.05, 0) is 46.0 Å². The topological polar surface area (TPSA) is 108 Å². The van der Waals surface area contributed by atoms with Gasteiger partial charge in [0.25, 0.3) is 0 Å². The Bertz CT molecular complexity index is 757. The molecule has 1 N–H and O–H groups in total. The first kappa shape index (κ1) is 23.5. The highest BCUT2D eigenvalue weighted by Crippen LogP contribution is 2.53. The highest BCUT2D eigenvalue weighted by Gasteiger charge is 2.60. The molecule has 3 heterocycles. The van der Waals surface area contributed by atoms with Crippen molar-refractivity contribution in [2.75, 3.05) is 6.61 Å². The molecule has 6 unspecified atom stereocenters. The summed E-state index contributed by atoms with van der Waals surface area (Å²) in [7, 11) is 0. The first-order valence-corrected chi connectivity index (χ1v) is 12.0. The summed E-state index contributed by atoms with van der Waals surface area (Å²) >= 11 is 0. The van der Waals surface area contributed by atoms with E-state index in [2.05, 4.69) is 0 Å². The summed E-state index contributed by atoms with van der Waals surface area (Å²) in [5.41, 5.74) is -2.81. The Morgan fingerprint density at radius 1 is 1.22 bits per heavy atom. The van der Waals surface area contributed by atoms with Crippen molar-refractivity contribution in [1.29, 1.82) is 0 Å². The zero-order valence-electron chi connectivity index (χ0n) is 19.4. The molecule has 5 rings (SSSR count). The SMILES string of the molecule is CCC(CC(C)(C)C(=O)OC1CCCCO1)C(=O)OC12CC3CC(O)(CC(C1)C(=O)O3)C2. The number of esters is 3. The van der Waals surface area contributed by atoms with Gasteiger partial charge in [-0.15, -0.1) is 0 Å². The molecule has 180 valence electrons. The molecule has 32 heavy (non-hydrogen) atoms. The van der Waals surface area contributed by atoms with Crippen LogP contribution in [0.5, 0.6) is 0 Å². The van der Waals surface area contributed by atoms with Gasteiger partial charge in [0.1, 0.15) is 11.7 Å². The van der Waals surface area contributed by atoms with E-state index in [0.29, 0.717) is 51.6 Å². The number of rotatable bonds is 7. The molecule has 0 radical (unpaired) electrons. The molecule has 0 aromatic carbocycles. The van der Waals surface area contributed by atoms with Crippen molar-refractivity contribution in [3.05, 3.63) is 0 Å². The highest BCUT2D eigenvalue weighted by molar-refractivity contribution is 5.79. The summed E-state index contributed by atoms with van der Waals surface area (Å²) < 4.78 is 22.7. The number of ether oxygens (including phenoxy) is 4. The number of carbonyl (C=O) groups is 3. The molecule has 8 nitrogen and oxygen atoms in total. The first-order valence-electron chi connectivity index (χ1n) is 12.0. The molecule has 6 atom stereocenters. The lowest BCUT2D eigenvalue weighted by Gasteiger charge is -2.50. The Morgan fingerprint density at radius 2 is 2.00 bits per heavy atom. The lowest BCUT2D eigenvalue weighted by atomic mass is 9.63. The third-order valence-electron chi connectivity index (χ3n) is 7.55. The van der Waals surface area contributed by atoms with Gasteiger partial charge in [0, 0.05) is 32.1 Å². The second kappa shape index (κ2) is 8.60. The largest absolute Gasteiger partial charge is 0.462 e. The maximum atomic E-state index is 13.2. The number of carbonyl (C=O) groups excluding carboxylic acids is 3. The summed E-state index contributed by atoms with van der Waals surface area (Å²) in [6.45, 7) is 6.03. The van der Waals surface area contributed by atoms with Crippen LogP contribution in [0.3, 0.4) is 0 Å². The number of fused-ring (bicyclic) bond motifs is 1. The van der Waals surface area contributed by atoms with Gasteiger partial charge in [0.2, 0.25) is 6.29 Å². The van der Waals surface area contributed by atoms with Gasteiger partial charge >= 0.3 is 17.9 Å². The predicted molar refractivity (Wildman–Crippen MR) is 112 cm³/mol. The molecular formula is C24H36O8. The van der Waals surface area contributed by atoms with Gasteiger partial charge < -0.3 is 24.1 Å². The minimum atomic E-state index is -1.04. The normalized spacial score (nSPS) is 37.4. The average Bonchev–Trinajstić information content (AvgIpc) is 2.85. The molecule has 3 saturated heterocycles. The van der Waals surface area contributed by atoms with E-state index in [9.17, 15) is 19.5 Å². The Kier molecular flexibility index (Phi) is 6.31. The average molecular weight is 453 g/mol. The molecule has 2 aliphatic carbocycles. The molecule has 2 saturated carbocycles. The lowest BCUT2D eigenvalue weighted by Crippen LogP contribution is -2.56. The van der Waals surface area contributed by atoms with E-state index < -0.39 is 40.8 Å². The fourth-order valence-electron chi connectivity index (χ4n) is 6.05. The number of hydrogen-bond acceptors (Lipinski definition) is 8. The molecule has 3 aliphatic heterocycles. The zero-order valence-corrected chi connectivity index (χ0v) is 19.4. The third-order valence-corrected chi connectivity index (χ3v) is 7.55. The molecule has 8 heteroatoms. The van der Waals surface area contributed by atoms with E-state index in [-0.39, 0.29) is 24.3 Å². The maximum absolute atomic E-state index is 13.2. The molecule has 4 bridgehead atoms. The quantitative estimate of drug-likeness (QED) is 0.464. The second-order valence-electron chi connectivity index (χ2n) is 11.0. The van der Waals surface area contributed by atoms with E-state index >= 15 is 0 Å². The molecule has 5 aliphatic rings.